The van der Waals surface area contributed by atoms with Gasteiger partial charge in [-0.15, -0.1) is 0 Å². The molecule has 2 amide bonds. The van der Waals surface area contributed by atoms with Gasteiger partial charge in [0.2, 0.25) is 0 Å². The van der Waals surface area contributed by atoms with Gasteiger partial charge in [-0.1, -0.05) is 39.0 Å². The third-order valence-electron chi connectivity index (χ3n) is 4.07. The summed E-state index contributed by atoms with van der Waals surface area (Å²) in [6.07, 6.45) is 0. The summed E-state index contributed by atoms with van der Waals surface area (Å²) in [6.45, 7) is 5.81. The molecule has 0 N–H and O–H groups in total. The molecule has 2 aromatic carbocycles. The van der Waals surface area contributed by atoms with Crippen LogP contribution in [0.4, 0.5) is 11.4 Å². The van der Waals surface area contributed by atoms with E-state index in [0.29, 0.717) is 0 Å². The van der Waals surface area contributed by atoms with Gasteiger partial charge in [0.25, 0.3) is 17.5 Å². The van der Waals surface area contributed by atoms with E-state index in [0.717, 1.165) is 10.5 Å². The van der Waals surface area contributed by atoms with Crippen LogP contribution >= 0.6 is 0 Å². The van der Waals surface area contributed by atoms with E-state index in [2.05, 4.69) is 0 Å². The molecule has 1 aliphatic rings. The Kier molecular flexibility index (Phi) is 3.48. The zero-order chi connectivity index (χ0) is 17.6. The van der Waals surface area contributed by atoms with Crippen LogP contribution in [-0.2, 0) is 5.41 Å². The maximum absolute atomic E-state index is 12.5. The molecule has 0 fully saturated rings. The molecule has 122 valence electrons. The lowest BCUT2D eigenvalue weighted by molar-refractivity contribution is -0.384. The Balaban J connectivity index is 2.16. The fourth-order valence-electron chi connectivity index (χ4n) is 2.73. The van der Waals surface area contributed by atoms with Crippen molar-refractivity contribution in [2.24, 2.45) is 0 Å². The first-order chi connectivity index (χ1) is 11.2. The minimum absolute atomic E-state index is 0.000741. The van der Waals surface area contributed by atoms with Gasteiger partial charge in [0.1, 0.15) is 5.69 Å². The van der Waals surface area contributed by atoms with Gasteiger partial charge in [-0.25, -0.2) is 4.90 Å². The van der Waals surface area contributed by atoms with Crippen LogP contribution in [0.25, 0.3) is 0 Å². The van der Waals surface area contributed by atoms with Crippen molar-refractivity contribution in [3.8, 4) is 0 Å². The summed E-state index contributed by atoms with van der Waals surface area (Å²) < 4.78 is 0. The molecule has 0 aliphatic carbocycles. The second kappa shape index (κ2) is 5.26. The number of amides is 2. The lowest BCUT2D eigenvalue weighted by Gasteiger charge is -2.21. The zero-order valence-corrected chi connectivity index (χ0v) is 13.6. The summed E-state index contributed by atoms with van der Waals surface area (Å²) in [4.78, 5) is 36.9. The first-order valence-electron chi connectivity index (χ1n) is 7.48. The standard InChI is InChI=1S/C18H16N2O4/c1-18(2,3)11-8-9-14(15(10-11)20(23)24)19-16(21)12-6-4-5-7-13(12)17(19)22/h4-10H,1-3H3. The molecule has 2 aromatic rings. The summed E-state index contributed by atoms with van der Waals surface area (Å²) in [5.41, 5.74) is 0.740. The van der Waals surface area contributed by atoms with Crippen molar-refractivity contribution in [3.05, 3.63) is 69.3 Å². The number of hydrogen-bond acceptors (Lipinski definition) is 4. The van der Waals surface area contributed by atoms with Gasteiger partial charge in [0.15, 0.2) is 0 Å². The highest BCUT2D eigenvalue weighted by molar-refractivity contribution is 6.35. The summed E-state index contributed by atoms with van der Waals surface area (Å²) in [5, 5.41) is 11.5. The van der Waals surface area contributed by atoms with E-state index >= 15 is 0 Å². The molecule has 1 heterocycles. The number of benzene rings is 2. The van der Waals surface area contributed by atoms with E-state index < -0.39 is 16.7 Å². The quantitative estimate of drug-likeness (QED) is 0.479. The number of hydrogen-bond donors (Lipinski definition) is 0. The summed E-state index contributed by atoms with van der Waals surface area (Å²) in [7, 11) is 0. The lowest BCUT2D eigenvalue weighted by Crippen LogP contribution is -2.30. The van der Waals surface area contributed by atoms with Crippen LogP contribution in [0.5, 0.6) is 0 Å². The minimum Gasteiger partial charge on any atom is -0.268 e. The van der Waals surface area contributed by atoms with Crippen LogP contribution in [0.15, 0.2) is 42.5 Å². The van der Waals surface area contributed by atoms with Crippen molar-refractivity contribution in [1.29, 1.82) is 0 Å². The first kappa shape index (κ1) is 15.9. The maximum Gasteiger partial charge on any atom is 0.293 e. The van der Waals surface area contributed by atoms with E-state index in [9.17, 15) is 19.7 Å². The number of imide groups is 1. The van der Waals surface area contributed by atoms with E-state index in [-0.39, 0.29) is 27.9 Å². The number of nitro benzene ring substituents is 1. The Morgan fingerprint density at radius 3 is 1.96 bits per heavy atom. The fraction of sp³-hybridized carbons (Fsp3) is 0.222. The van der Waals surface area contributed by atoms with Crippen molar-refractivity contribution < 1.29 is 14.5 Å². The van der Waals surface area contributed by atoms with Crippen molar-refractivity contribution in [2.75, 3.05) is 4.90 Å². The van der Waals surface area contributed by atoms with E-state index in [1.54, 1.807) is 30.3 Å². The molecule has 0 unspecified atom stereocenters. The number of nitrogens with zero attached hydrogens (tertiary/aromatic N) is 2. The summed E-state index contributed by atoms with van der Waals surface area (Å²) in [6, 6.07) is 11.0. The molecule has 0 atom stereocenters. The number of carbonyl (C=O) groups is 2. The third kappa shape index (κ3) is 2.36. The average molecular weight is 324 g/mol. The summed E-state index contributed by atoms with van der Waals surface area (Å²) in [5.74, 6) is -1.08. The number of nitro groups is 1. The van der Waals surface area contributed by atoms with Crippen molar-refractivity contribution in [3.63, 3.8) is 0 Å². The molecule has 6 nitrogen and oxygen atoms in total. The molecule has 0 aromatic heterocycles. The predicted octanol–water partition coefficient (Wildman–Crippen LogP) is 3.69. The smallest absolute Gasteiger partial charge is 0.268 e. The minimum atomic E-state index is -0.561. The fourth-order valence-corrected chi connectivity index (χ4v) is 2.73. The normalized spacial score (nSPS) is 14.0. The highest BCUT2D eigenvalue weighted by Crippen LogP contribution is 2.37. The molecule has 0 radical (unpaired) electrons. The van der Waals surface area contributed by atoms with E-state index in [1.165, 1.54) is 12.1 Å². The van der Waals surface area contributed by atoms with Crippen LogP contribution in [0, 0.1) is 10.1 Å². The SMILES string of the molecule is CC(C)(C)c1ccc(N2C(=O)c3ccccc3C2=O)c([N+](=O)[O-])c1. The Bertz CT molecular complexity index is 846. The molecule has 1 aliphatic heterocycles. The van der Waals surface area contributed by atoms with Gasteiger partial charge in [-0.2, -0.15) is 0 Å². The zero-order valence-electron chi connectivity index (χ0n) is 13.6. The number of carbonyl (C=O) groups excluding carboxylic acids is 2. The van der Waals surface area contributed by atoms with Crippen molar-refractivity contribution >= 4 is 23.2 Å². The van der Waals surface area contributed by atoms with Gasteiger partial charge in [0, 0.05) is 6.07 Å². The van der Waals surface area contributed by atoms with Gasteiger partial charge >= 0.3 is 0 Å². The third-order valence-corrected chi connectivity index (χ3v) is 4.07. The highest BCUT2D eigenvalue weighted by Gasteiger charge is 2.39. The van der Waals surface area contributed by atoms with E-state index in [4.69, 9.17) is 0 Å². The molecular weight excluding hydrogens is 308 g/mol. The van der Waals surface area contributed by atoms with E-state index in [1.807, 2.05) is 20.8 Å². The maximum atomic E-state index is 12.5. The van der Waals surface area contributed by atoms with Crippen LogP contribution in [-0.4, -0.2) is 16.7 Å². The van der Waals surface area contributed by atoms with Crippen LogP contribution < -0.4 is 4.90 Å². The predicted molar refractivity (Wildman–Crippen MR) is 89.4 cm³/mol. The molecular formula is C18H16N2O4. The highest BCUT2D eigenvalue weighted by atomic mass is 16.6. The number of anilines is 1. The topological polar surface area (TPSA) is 80.5 Å². The first-order valence-corrected chi connectivity index (χ1v) is 7.48. The second-order valence-electron chi connectivity index (χ2n) is 6.70. The number of rotatable bonds is 2. The van der Waals surface area contributed by atoms with Gasteiger partial charge in [-0.3, -0.25) is 19.7 Å². The largest absolute Gasteiger partial charge is 0.293 e. The van der Waals surface area contributed by atoms with Gasteiger partial charge < -0.3 is 0 Å². The van der Waals surface area contributed by atoms with Crippen LogP contribution in [0.3, 0.4) is 0 Å². The van der Waals surface area contributed by atoms with Gasteiger partial charge in [-0.05, 0) is 29.2 Å². The molecule has 24 heavy (non-hydrogen) atoms. The molecule has 6 heteroatoms. The molecule has 0 bridgehead atoms. The molecule has 0 spiro atoms. The van der Waals surface area contributed by atoms with Crippen molar-refractivity contribution in [1.82, 2.24) is 0 Å². The molecule has 0 saturated carbocycles. The Morgan fingerprint density at radius 2 is 1.50 bits per heavy atom. The van der Waals surface area contributed by atoms with Crippen molar-refractivity contribution in [2.45, 2.75) is 26.2 Å². The molecule has 0 saturated heterocycles. The lowest BCUT2D eigenvalue weighted by atomic mass is 9.86. The van der Waals surface area contributed by atoms with Crippen LogP contribution in [0.1, 0.15) is 47.1 Å². The monoisotopic (exact) mass is 324 g/mol. The molecule has 3 rings (SSSR count). The summed E-state index contributed by atoms with van der Waals surface area (Å²) >= 11 is 0. The number of fused-ring (bicyclic) bond motifs is 1. The van der Waals surface area contributed by atoms with Gasteiger partial charge in [0.05, 0.1) is 16.1 Å². The van der Waals surface area contributed by atoms with Crippen LogP contribution in [0.2, 0.25) is 0 Å². The Hall–Kier alpha value is -3.02. The Labute approximate surface area is 138 Å². The average Bonchev–Trinajstić information content (AvgIpc) is 2.78. The Morgan fingerprint density at radius 1 is 0.958 bits per heavy atom. The second-order valence-corrected chi connectivity index (χ2v) is 6.70.